The fourth-order valence-electron chi connectivity index (χ4n) is 1.83. The molecule has 19 heavy (non-hydrogen) atoms. The topological polar surface area (TPSA) is 66.5 Å². The minimum Gasteiger partial charge on any atom is -0.349 e. The first-order chi connectivity index (χ1) is 8.79. The van der Waals surface area contributed by atoms with Gasteiger partial charge in [-0.05, 0) is 43.5 Å². The number of aryl methyl sites for hydroxylation is 1. The zero-order valence-corrected chi connectivity index (χ0v) is 12.1. The largest absolute Gasteiger partial charge is 0.349 e. The van der Waals surface area contributed by atoms with Gasteiger partial charge in [-0.2, -0.15) is 0 Å². The number of anilines is 1. The summed E-state index contributed by atoms with van der Waals surface area (Å²) in [5, 5.41) is 2.91. The second kappa shape index (κ2) is 4.85. The van der Waals surface area contributed by atoms with Gasteiger partial charge in [0, 0.05) is 18.7 Å². The lowest BCUT2D eigenvalue weighted by Gasteiger charge is -2.19. The maximum atomic E-state index is 11.9. The predicted octanol–water partition coefficient (Wildman–Crippen LogP) is 1.28. The van der Waals surface area contributed by atoms with Crippen LogP contribution in [0.1, 0.15) is 28.8 Å². The number of carbonyl (C=O) groups excluding carboxylic acids is 1. The molecule has 0 aromatic heterocycles. The third-order valence-corrected chi connectivity index (χ3v) is 4.40. The van der Waals surface area contributed by atoms with E-state index >= 15 is 0 Å². The molecule has 1 N–H and O–H groups in total. The van der Waals surface area contributed by atoms with Crippen molar-refractivity contribution in [1.82, 2.24) is 5.32 Å². The highest BCUT2D eigenvalue weighted by atomic mass is 32.2. The van der Waals surface area contributed by atoms with E-state index in [9.17, 15) is 13.2 Å². The number of benzene rings is 1. The van der Waals surface area contributed by atoms with Gasteiger partial charge in [0.05, 0.1) is 11.9 Å². The molecule has 1 aliphatic rings. The van der Waals surface area contributed by atoms with Crippen LogP contribution in [0.5, 0.6) is 0 Å². The molecule has 0 atom stereocenters. The molecule has 0 heterocycles. The summed E-state index contributed by atoms with van der Waals surface area (Å²) in [6, 6.07) is 5.35. The van der Waals surface area contributed by atoms with Crippen LogP contribution < -0.4 is 9.62 Å². The molecule has 0 aliphatic heterocycles. The van der Waals surface area contributed by atoms with E-state index in [1.165, 1.54) is 11.4 Å². The lowest BCUT2D eigenvalue weighted by Crippen LogP contribution is -2.27. The van der Waals surface area contributed by atoms with Crippen LogP contribution in [0.25, 0.3) is 0 Å². The predicted molar refractivity (Wildman–Crippen MR) is 74.9 cm³/mol. The summed E-state index contributed by atoms with van der Waals surface area (Å²) in [6.07, 6.45) is 3.24. The number of amides is 1. The van der Waals surface area contributed by atoms with E-state index in [1.807, 2.05) is 0 Å². The van der Waals surface area contributed by atoms with Gasteiger partial charge >= 0.3 is 0 Å². The van der Waals surface area contributed by atoms with Crippen LogP contribution in [0.3, 0.4) is 0 Å². The van der Waals surface area contributed by atoms with E-state index in [-0.39, 0.29) is 5.91 Å². The number of sulfonamides is 1. The molecule has 104 valence electrons. The van der Waals surface area contributed by atoms with Crippen molar-refractivity contribution in [2.24, 2.45) is 0 Å². The van der Waals surface area contributed by atoms with Crippen LogP contribution in [0.15, 0.2) is 18.2 Å². The molecule has 6 heteroatoms. The first kappa shape index (κ1) is 13.9. The third kappa shape index (κ3) is 3.26. The van der Waals surface area contributed by atoms with Gasteiger partial charge in [-0.15, -0.1) is 0 Å². The van der Waals surface area contributed by atoms with Crippen LogP contribution in [-0.4, -0.2) is 33.7 Å². The second-order valence-electron chi connectivity index (χ2n) is 4.98. The molecule has 1 fully saturated rings. The Bertz CT molecular complexity index is 606. The van der Waals surface area contributed by atoms with Crippen LogP contribution in [0, 0.1) is 6.92 Å². The summed E-state index contributed by atoms with van der Waals surface area (Å²) in [6.45, 7) is 1.80. The minimum atomic E-state index is -3.29. The molecule has 0 radical (unpaired) electrons. The van der Waals surface area contributed by atoms with E-state index in [0.29, 0.717) is 17.3 Å². The highest BCUT2D eigenvalue weighted by molar-refractivity contribution is 7.92. The van der Waals surface area contributed by atoms with E-state index in [0.717, 1.165) is 24.7 Å². The van der Waals surface area contributed by atoms with Gasteiger partial charge in [0.1, 0.15) is 0 Å². The number of hydrogen-bond acceptors (Lipinski definition) is 3. The molecule has 1 aromatic carbocycles. The third-order valence-electron chi connectivity index (χ3n) is 3.21. The Kier molecular flexibility index (Phi) is 3.54. The Labute approximate surface area is 113 Å². The molecular formula is C13H18N2O3S. The lowest BCUT2D eigenvalue weighted by atomic mass is 10.1. The van der Waals surface area contributed by atoms with Gasteiger partial charge < -0.3 is 5.32 Å². The standard InChI is InChI=1S/C13H18N2O3S/c1-9-8-10(13(16)14-11-5-6-11)4-7-12(9)15(2)19(3,17)18/h4,7-8,11H,5-6H2,1-3H3,(H,14,16). The van der Waals surface area contributed by atoms with Crippen LogP contribution in [0.4, 0.5) is 5.69 Å². The molecule has 0 bridgehead atoms. The summed E-state index contributed by atoms with van der Waals surface area (Å²) >= 11 is 0. The van der Waals surface area contributed by atoms with E-state index in [2.05, 4.69) is 5.32 Å². The van der Waals surface area contributed by atoms with Crippen LogP contribution >= 0.6 is 0 Å². The van der Waals surface area contributed by atoms with Crippen molar-refractivity contribution in [3.8, 4) is 0 Å². The van der Waals surface area contributed by atoms with Crippen molar-refractivity contribution in [2.75, 3.05) is 17.6 Å². The molecule has 0 unspecified atom stereocenters. The zero-order valence-electron chi connectivity index (χ0n) is 11.3. The molecule has 1 saturated carbocycles. The average molecular weight is 282 g/mol. The second-order valence-corrected chi connectivity index (χ2v) is 6.99. The fraction of sp³-hybridized carbons (Fsp3) is 0.462. The number of carbonyl (C=O) groups is 1. The highest BCUT2D eigenvalue weighted by Gasteiger charge is 2.24. The van der Waals surface area contributed by atoms with Crippen molar-refractivity contribution in [3.63, 3.8) is 0 Å². The van der Waals surface area contributed by atoms with Crippen molar-refractivity contribution >= 4 is 21.6 Å². The molecule has 2 rings (SSSR count). The quantitative estimate of drug-likeness (QED) is 0.904. The van der Waals surface area contributed by atoms with E-state index in [4.69, 9.17) is 0 Å². The maximum Gasteiger partial charge on any atom is 0.251 e. The van der Waals surface area contributed by atoms with Crippen LogP contribution in [-0.2, 0) is 10.0 Å². The molecular weight excluding hydrogens is 264 g/mol. The Morgan fingerprint density at radius 1 is 1.37 bits per heavy atom. The van der Waals surface area contributed by atoms with Gasteiger partial charge in [0.2, 0.25) is 10.0 Å². The summed E-state index contributed by atoms with van der Waals surface area (Å²) in [5.41, 5.74) is 1.91. The van der Waals surface area contributed by atoms with Crippen molar-refractivity contribution in [1.29, 1.82) is 0 Å². The van der Waals surface area contributed by atoms with Crippen molar-refractivity contribution in [3.05, 3.63) is 29.3 Å². The van der Waals surface area contributed by atoms with E-state index in [1.54, 1.807) is 25.1 Å². The van der Waals surface area contributed by atoms with Crippen molar-refractivity contribution in [2.45, 2.75) is 25.8 Å². The molecule has 1 aromatic rings. The first-order valence-electron chi connectivity index (χ1n) is 6.14. The zero-order chi connectivity index (χ0) is 14.2. The van der Waals surface area contributed by atoms with Crippen LogP contribution in [0.2, 0.25) is 0 Å². The fourth-order valence-corrected chi connectivity index (χ4v) is 2.39. The number of hydrogen-bond donors (Lipinski definition) is 1. The number of nitrogens with zero attached hydrogens (tertiary/aromatic N) is 1. The average Bonchev–Trinajstić information content (AvgIpc) is 3.10. The van der Waals surface area contributed by atoms with Gasteiger partial charge in [0.25, 0.3) is 5.91 Å². The minimum absolute atomic E-state index is 0.0980. The molecule has 1 aliphatic carbocycles. The summed E-state index contributed by atoms with van der Waals surface area (Å²) in [4.78, 5) is 11.9. The SMILES string of the molecule is Cc1cc(C(=O)NC2CC2)ccc1N(C)S(C)(=O)=O. The summed E-state index contributed by atoms with van der Waals surface area (Å²) in [5.74, 6) is -0.0980. The van der Waals surface area contributed by atoms with Gasteiger partial charge in [-0.3, -0.25) is 9.10 Å². The maximum absolute atomic E-state index is 11.9. The Morgan fingerprint density at radius 2 is 2.00 bits per heavy atom. The Morgan fingerprint density at radius 3 is 2.47 bits per heavy atom. The Hall–Kier alpha value is -1.56. The normalized spacial score (nSPS) is 15.1. The number of rotatable bonds is 4. The van der Waals surface area contributed by atoms with Gasteiger partial charge in [-0.25, -0.2) is 8.42 Å². The summed E-state index contributed by atoms with van der Waals surface area (Å²) < 4.78 is 24.2. The monoisotopic (exact) mass is 282 g/mol. The van der Waals surface area contributed by atoms with Gasteiger partial charge in [0.15, 0.2) is 0 Å². The first-order valence-corrected chi connectivity index (χ1v) is 7.99. The smallest absolute Gasteiger partial charge is 0.251 e. The lowest BCUT2D eigenvalue weighted by molar-refractivity contribution is 0.0951. The Balaban J connectivity index is 2.23. The number of nitrogens with one attached hydrogen (secondary N) is 1. The van der Waals surface area contributed by atoms with E-state index < -0.39 is 10.0 Å². The highest BCUT2D eigenvalue weighted by Crippen LogP contribution is 2.23. The van der Waals surface area contributed by atoms with Crippen molar-refractivity contribution < 1.29 is 13.2 Å². The molecule has 5 nitrogen and oxygen atoms in total. The van der Waals surface area contributed by atoms with Gasteiger partial charge in [-0.1, -0.05) is 0 Å². The molecule has 1 amide bonds. The summed E-state index contributed by atoms with van der Waals surface area (Å²) in [7, 11) is -1.79. The molecule has 0 saturated heterocycles. The molecule has 0 spiro atoms.